The lowest BCUT2D eigenvalue weighted by molar-refractivity contribution is -0.238. The zero-order valence-corrected chi connectivity index (χ0v) is 12.1. The Morgan fingerprint density at radius 1 is 1.10 bits per heavy atom. The van der Waals surface area contributed by atoms with Gasteiger partial charge in [-0.2, -0.15) is 0 Å². The first-order valence-electron chi connectivity index (χ1n) is 7.39. The fourth-order valence-electron chi connectivity index (χ4n) is 3.28. The number of halogens is 2. The van der Waals surface area contributed by atoms with Crippen LogP contribution in [0.5, 0.6) is 0 Å². The van der Waals surface area contributed by atoms with Gasteiger partial charge in [-0.25, -0.2) is 8.78 Å². The molecule has 0 aromatic carbocycles. The van der Waals surface area contributed by atoms with E-state index in [9.17, 15) is 8.78 Å². The average molecular weight is 288 g/mol. The third-order valence-electron chi connectivity index (χ3n) is 4.91. The molecule has 5 heteroatoms. The Morgan fingerprint density at radius 2 is 1.70 bits per heavy atom. The van der Waals surface area contributed by atoms with E-state index >= 15 is 0 Å². The molecule has 2 bridgehead atoms. The van der Waals surface area contributed by atoms with Crippen LogP contribution in [0, 0.1) is 11.3 Å². The Kier molecular flexibility index (Phi) is 3.63. The zero-order valence-electron chi connectivity index (χ0n) is 12.1. The normalized spacial score (nSPS) is 45.0. The number of fused-ring (bicyclic) bond motifs is 2. The molecule has 1 saturated carbocycles. The summed E-state index contributed by atoms with van der Waals surface area (Å²) in [5.41, 5.74) is -1.71. The molecule has 0 aromatic rings. The van der Waals surface area contributed by atoms with E-state index in [0.717, 1.165) is 0 Å². The molecule has 0 aromatic heterocycles. The van der Waals surface area contributed by atoms with Crippen molar-refractivity contribution in [2.75, 3.05) is 19.8 Å². The second kappa shape index (κ2) is 5.04. The minimum atomic E-state index is -1.09. The highest BCUT2D eigenvalue weighted by Gasteiger charge is 2.54. The maximum atomic E-state index is 14.3. The topological polar surface area (TPSA) is 27.7 Å². The van der Waals surface area contributed by atoms with E-state index in [1.807, 2.05) is 6.92 Å². The first kappa shape index (κ1) is 14.4. The molecule has 4 rings (SSSR count). The molecule has 0 N–H and O–H groups in total. The van der Waals surface area contributed by atoms with Crippen LogP contribution in [0.3, 0.4) is 0 Å². The standard InChI is InChI=1S/C15H22F2O3/c1-10-7-18-11(19-8-10)9-20-15-5-3-14(2,4-6-15)12(16)13(15)17/h10-11H,3-9H2,1-2H3. The van der Waals surface area contributed by atoms with Crippen LogP contribution in [0.4, 0.5) is 8.78 Å². The molecule has 3 aliphatic carbocycles. The summed E-state index contributed by atoms with van der Waals surface area (Å²) in [5, 5.41) is 0. The summed E-state index contributed by atoms with van der Waals surface area (Å²) in [7, 11) is 0. The SMILES string of the molecule is CC1COC(COC23CCC(C)(CC2)C(F)=C3F)OC1. The second-order valence-electron chi connectivity index (χ2n) is 6.70. The first-order valence-corrected chi connectivity index (χ1v) is 7.39. The monoisotopic (exact) mass is 288 g/mol. The number of ether oxygens (including phenoxy) is 3. The fraction of sp³-hybridized carbons (Fsp3) is 0.867. The van der Waals surface area contributed by atoms with Crippen LogP contribution >= 0.6 is 0 Å². The Morgan fingerprint density at radius 3 is 2.30 bits per heavy atom. The molecule has 0 radical (unpaired) electrons. The highest BCUT2D eigenvalue weighted by Crippen LogP contribution is 2.57. The minimum Gasteiger partial charge on any atom is -0.362 e. The molecular formula is C15H22F2O3. The largest absolute Gasteiger partial charge is 0.362 e. The summed E-state index contributed by atoms with van der Waals surface area (Å²) < 4.78 is 45.1. The van der Waals surface area contributed by atoms with E-state index in [2.05, 4.69) is 0 Å². The van der Waals surface area contributed by atoms with Crippen LogP contribution < -0.4 is 0 Å². The average Bonchev–Trinajstić information content (AvgIpc) is 2.46. The van der Waals surface area contributed by atoms with E-state index in [-0.39, 0.29) is 6.61 Å². The molecule has 0 amide bonds. The van der Waals surface area contributed by atoms with Crippen molar-refractivity contribution in [3.05, 3.63) is 11.7 Å². The lowest BCUT2D eigenvalue weighted by atomic mass is 9.63. The Hall–Kier alpha value is -0.520. The van der Waals surface area contributed by atoms with Gasteiger partial charge >= 0.3 is 0 Å². The van der Waals surface area contributed by atoms with Gasteiger partial charge < -0.3 is 14.2 Å². The van der Waals surface area contributed by atoms with Gasteiger partial charge in [0.15, 0.2) is 12.1 Å². The lowest BCUT2D eigenvalue weighted by Gasteiger charge is -2.49. The fourth-order valence-corrected chi connectivity index (χ4v) is 3.28. The molecule has 4 aliphatic rings. The van der Waals surface area contributed by atoms with Gasteiger partial charge in [-0.3, -0.25) is 0 Å². The van der Waals surface area contributed by atoms with Gasteiger partial charge in [-0.05, 0) is 25.7 Å². The van der Waals surface area contributed by atoms with Crippen molar-refractivity contribution in [1.82, 2.24) is 0 Å². The van der Waals surface area contributed by atoms with Crippen LogP contribution in [0.1, 0.15) is 39.5 Å². The van der Waals surface area contributed by atoms with Crippen LogP contribution in [-0.2, 0) is 14.2 Å². The lowest BCUT2D eigenvalue weighted by Crippen LogP contribution is -2.49. The Labute approximate surface area is 118 Å². The minimum absolute atomic E-state index is 0.157. The summed E-state index contributed by atoms with van der Waals surface area (Å²) in [5.74, 6) is -0.959. The van der Waals surface area contributed by atoms with Crippen LogP contribution in [0.2, 0.25) is 0 Å². The van der Waals surface area contributed by atoms with Crippen molar-refractivity contribution < 1.29 is 23.0 Å². The molecule has 20 heavy (non-hydrogen) atoms. The van der Waals surface area contributed by atoms with Gasteiger partial charge in [-0.1, -0.05) is 13.8 Å². The summed E-state index contributed by atoms with van der Waals surface area (Å²) in [4.78, 5) is 0. The van der Waals surface area contributed by atoms with Crippen molar-refractivity contribution in [1.29, 1.82) is 0 Å². The zero-order chi connectivity index (χ0) is 14.4. The quantitative estimate of drug-likeness (QED) is 0.795. The molecule has 114 valence electrons. The maximum Gasteiger partial charge on any atom is 0.180 e. The van der Waals surface area contributed by atoms with Crippen molar-refractivity contribution in [3.8, 4) is 0 Å². The summed E-state index contributed by atoms with van der Waals surface area (Å²) in [6, 6.07) is 0. The number of hydrogen-bond acceptors (Lipinski definition) is 3. The smallest absolute Gasteiger partial charge is 0.180 e. The van der Waals surface area contributed by atoms with Gasteiger partial charge in [-0.15, -0.1) is 0 Å². The summed E-state index contributed by atoms with van der Waals surface area (Å²) in [6.45, 7) is 5.22. The highest BCUT2D eigenvalue weighted by atomic mass is 19.2. The van der Waals surface area contributed by atoms with Crippen molar-refractivity contribution in [3.63, 3.8) is 0 Å². The van der Waals surface area contributed by atoms with Gasteiger partial charge in [0, 0.05) is 11.3 Å². The van der Waals surface area contributed by atoms with Gasteiger partial charge in [0.25, 0.3) is 0 Å². The molecule has 1 heterocycles. The van der Waals surface area contributed by atoms with Gasteiger partial charge in [0.2, 0.25) is 0 Å². The third kappa shape index (κ3) is 2.30. The van der Waals surface area contributed by atoms with Crippen molar-refractivity contribution in [2.45, 2.75) is 51.4 Å². The molecule has 3 nitrogen and oxygen atoms in total. The van der Waals surface area contributed by atoms with E-state index in [1.165, 1.54) is 0 Å². The number of hydrogen-bond donors (Lipinski definition) is 0. The molecule has 0 unspecified atom stereocenters. The third-order valence-corrected chi connectivity index (χ3v) is 4.91. The Bertz CT molecular complexity index is 405. The highest BCUT2D eigenvalue weighted by molar-refractivity contribution is 5.28. The van der Waals surface area contributed by atoms with Gasteiger partial charge in [0.05, 0.1) is 19.8 Å². The molecule has 1 saturated heterocycles. The van der Waals surface area contributed by atoms with Crippen LogP contribution in [0.15, 0.2) is 11.7 Å². The predicted octanol–water partition coefficient (Wildman–Crippen LogP) is 3.50. The molecule has 1 aliphatic heterocycles. The van der Waals surface area contributed by atoms with Crippen LogP contribution in [-0.4, -0.2) is 31.7 Å². The summed E-state index contributed by atoms with van der Waals surface area (Å²) >= 11 is 0. The number of rotatable bonds is 3. The molecule has 0 spiro atoms. The van der Waals surface area contributed by atoms with Gasteiger partial charge in [0.1, 0.15) is 11.4 Å². The first-order chi connectivity index (χ1) is 9.45. The maximum absolute atomic E-state index is 14.3. The molecule has 2 fully saturated rings. The van der Waals surface area contributed by atoms with E-state index < -0.39 is 29.0 Å². The predicted molar refractivity (Wildman–Crippen MR) is 69.4 cm³/mol. The van der Waals surface area contributed by atoms with Crippen molar-refractivity contribution in [2.24, 2.45) is 11.3 Å². The molecular weight excluding hydrogens is 266 g/mol. The van der Waals surface area contributed by atoms with Crippen LogP contribution in [0.25, 0.3) is 0 Å². The second-order valence-corrected chi connectivity index (χ2v) is 6.70. The van der Waals surface area contributed by atoms with E-state index in [0.29, 0.717) is 44.8 Å². The molecule has 0 atom stereocenters. The van der Waals surface area contributed by atoms with E-state index in [4.69, 9.17) is 14.2 Å². The number of allylic oxidation sites excluding steroid dienone is 1. The van der Waals surface area contributed by atoms with E-state index in [1.54, 1.807) is 6.92 Å². The summed E-state index contributed by atoms with van der Waals surface area (Å²) in [6.07, 6.45) is 1.87. The van der Waals surface area contributed by atoms with Crippen molar-refractivity contribution >= 4 is 0 Å². The Balaban J connectivity index is 1.65.